The van der Waals surface area contributed by atoms with Gasteiger partial charge in [0, 0.05) is 5.56 Å². The van der Waals surface area contributed by atoms with Crippen LogP contribution >= 0.6 is 0 Å². The van der Waals surface area contributed by atoms with E-state index in [0.29, 0.717) is 0 Å². The minimum absolute atomic E-state index is 0.790. The van der Waals surface area contributed by atoms with Crippen LogP contribution in [0.25, 0.3) is 0 Å². The molecule has 0 saturated heterocycles. The number of methoxy groups -OCH3 is 1. The summed E-state index contributed by atoms with van der Waals surface area (Å²) in [6.45, 7) is 3.60. The molecule has 1 aromatic carbocycles. The quantitative estimate of drug-likeness (QED) is 0.721. The Hall–Kier alpha value is -1.64. The highest BCUT2D eigenvalue weighted by Crippen LogP contribution is 2.13. The predicted molar refractivity (Wildman–Crippen MR) is 62.4 cm³/mol. The SMILES string of the molecule is COc1ccc(C2=NCCN=C2C)cc1. The second-order valence-corrected chi connectivity index (χ2v) is 3.43. The molecule has 0 atom stereocenters. The average Bonchev–Trinajstić information content (AvgIpc) is 2.30. The van der Waals surface area contributed by atoms with Crippen molar-refractivity contribution < 1.29 is 4.74 Å². The Bertz CT molecular complexity index is 404. The Morgan fingerprint density at radius 3 is 2.33 bits per heavy atom. The fourth-order valence-corrected chi connectivity index (χ4v) is 1.62. The normalized spacial score (nSPS) is 15.6. The van der Waals surface area contributed by atoms with Gasteiger partial charge in [-0.2, -0.15) is 0 Å². The molecule has 0 aliphatic carbocycles. The molecular weight excluding hydrogens is 188 g/mol. The van der Waals surface area contributed by atoms with Crippen molar-refractivity contribution in [3.63, 3.8) is 0 Å². The van der Waals surface area contributed by atoms with E-state index in [4.69, 9.17) is 4.74 Å². The average molecular weight is 202 g/mol. The van der Waals surface area contributed by atoms with Crippen molar-refractivity contribution in [1.29, 1.82) is 0 Å². The summed E-state index contributed by atoms with van der Waals surface area (Å²) < 4.78 is 5.11. The first kappa shape index (κ1) is 9.90. The Balaban J connectivity index is 2.29. The lowest BCUT2D eigenvalue weighted by molar-refractivity contribution is 0.415. The molecule has 0 amide bonds. The van der Waals surface area contributed by atoms with E-state index >= 15 is 0 Å². The first-order valence-electron chi connectivity index (χ1n) is 5.01. The molecular formula is C12H14N2O. The molecule has 1 aliphatic rings. The van der Waals surface area contributed by atoms with E-state index < -0.39 is 0 Å². The van der Waals surface area contributed by atoms with Crippen LogP contribution in [0.4, 0.5) is 0 Å². The zero-order valence-electron chi connectivity index (χ0n) is 9.03. The van der Waals surface area contributed by atoms with Gasteiger partial charge in [-0.1, -0.05) is 0 Å². The summed E-state index contributed by atoms with van der Waals surface area (Å²) in [6.07, 6.45) is 0. The summed E-state index contributed by atoms with van der Waals surface area (Å²) in [5.74, 6) is 0.866. The molecule has 1 heterocycles. The third kappa shape index (κ3) is 2.06. The van der Waals surface area contributed by atoms with Gasteiger partial charge in [0.2, 0.25) is 0 Å². The largest absolute Gasteiger partial charge is 0.497 e. The number of hydrogen-bond donors (Lipinski definition) is 0. The van der Waals surface area contributed by atoms with E-state index in [2.05, 4.69) is 9.98 Å². The van der Waals surface area contributed by atoms with Crippen LogP contribution in [0.3, 0.4) is 0 Å². The fourth-order valence-electron chi connectivity index (χ4n) is 1.62. The van der Waals surface area contributed by atoms with E-state index in [1.165, 1.54) is 0 Å². The minimum Gasteiger partial charge on any atom is -0.497 e. The molecule has 0 radical (unpaired) electrons. The van der Waals surface area contributed by atoms with Gasteiger partial charge in [0.1, 0.15) is 5.75 Å². The van der Waals surface area contributed by atoms with Gasteiger partial charge in [-0.15, -0.1) is 0 Å². The standard InChI is InChI=1S/C12H14N2O/c1-9-12(14-8-7-13-9)10-3-5-11(15-2)6-4-10/h3-6H,7-8H2,1-2H3. The van der Waals surface area contributed by atoms with Crippen LogP contribution in [0, 0.1) is 0 Å². The summed E-state index contributed by atoms with van der Waals surface area (Å²) in [6, 6.07) is 7.92. The second-order valence-electron chi connectivity index (χ2n) is 3.43. The smallest absolute Gasteiger partial charge is 0.118 e. The monoisotopic (exact) mass is 202 g/mol. The zero-order chi connectivity index (χ0) is 10.7. The van der Waals surface area contributed by atoms with Gasteiger partial charge in [-0.25, -0.2) is 0 Å². The van der Waals surface area contributed by atoms with Crippen LogP contribution < -0.4 is 4.74 Å². The van der Waals surface area contributed by atoms with Gasteiger partial charge in [0.05, 0.1) is 31.6 Å². The summed E-state index contributed by atoms with van der Waals surface area (Å²) in [5, 5.41) is 0. The fraction of sp³-hybridized carbons (Fsp3) is 0.333. The third-order valence-electron chi connectivity index (χ3n) is 2.43. The van der Waals surface area contributed by atoms with E-state index in [1.54, 1.807) is 7.11 Å². The minimum atomic E-state index is 0.790. The molecule has 0 spiro atoms. The van der Waals surface area contributed by atoms with Crippen LogP contribution in [0.2, 0.25) is 0 Å². The lowest BCUT2D eigenvalue weighted by atomic mass is 10.1. The maximum absolute atomic E-state index is 5.11. The van der Waals surface area contributed by atoms with Gasteiger partial charge in [-0.3, -0.25) is 9.98 Å². The van der Waals surface area contributed by atoms with Crippen LogP contribution in [0.1, 0.15) is 12.5 Å². The van der Waals surface area contributed by atoms with E-state index in [0.717, 1.165) is 35.8 Å². The summed E-state index contributed by atoms with van der Waals surface area (Å²) >= 11 is 0. The van der Waals surface area contributed by atoms with Crippen LogP contribution in [0.5, 0.6) is 5.75 Å². The molecule has 78 valence electrons. The number of nitrogens with zero attached hydrogens (tertiary/aromatic N) is 2. The molecule has 0 saturated carbocycles. The predicted octanol–water partition coefficient (Wildman–Crippen LogP) is 1.96. The summed E-state index contributed by atoms with van der Waals surface area (Å²) in [5.41, 5.74) is 3.13. The van der Waals surface area contributed by atoms with E-state index in [1.807, 2.05) is 31.2 Å². The highest BCUT2D eigenvalue weighted by molar-refractivity contribution is 6.47. The number of benzene rings is 1. The van der Waals surface area contributed by atoms with Gasteiger partial charge in [0.15, 0.2) is 0 Å². The first-order valence-corrected chi connectivity index (χ1v) is 5.01. The zero-order valence-corrected chi connectivity index (χ0v) is 9.03. The number of rotatable bonds is 2. The molecule has 0 unspecified atom stereocenters. The first-order chi connectivity index (χ1) is 7.31. The van der Waals surface area contributed by atoms with Crippen molar-refractivity contribution in [1.82, 2.24) is 0 Å². The van der Waals surface area contributed by atoms with E-state index in [9.17, 15) is 0 Å². The lowest BCUT2D eigenvalue weighted by Crippen LogP contribution is -2.18. The van der Waals surface area contributed by atoms with Crippen molar-refractivity contribution in [3.05, 3.63) is 29.8 Å². The number of hydrogen-bond acceptors (Lipinski definition) is 3. The van der Waals surface area contributed by atoms with Crippen molar-refractivity contribution in [2.45, 2.75) is 6.92 Å². The van der Waals surface area contributed by atoms with Crippen molar-refractivity contribution in [3.8, 4) is 5.75 Å². The van der Waals surface area contributed by atoms with Crippen LogP contribution in [-0.2, 0) is 0 Å². The molecule has 1 aliphatic heterocycles. The summed E-state index contributed by atoms with van der Waals surface area (Å²) in [7, 11) is 1.67. The Morgan fingerprint density at radius 2 is 1.73 bits per heavy atom. The third-order valence-corrected chi connectivity index (χ3v) is 2.43. The van der Waals surface area contributed by atoms with Crippen molar-refractivity contribution >= 4 is 11.4 Å². The Kier molecular flexibility index (Phi) is 2.81. The van der Waals surface area contributed by atoms with Crippen molar-refractivity contribution in [2.75, 3.05) is 20.2 Å². The maximum atomic E-state index is 5.11. The van der Waals surface area contributed by atoms with Gasteiger partial charge in [0.25, 0.3) is 0 Å². The number of aliphatic imine (C=N–C) groups is 2. The van der Waals surface area contributed by atoms with E-state index in [-0.39, 0.29) is 0 Å². The topological polar surface area (TPSA) is 34.0 Å². The van der Waals surface area contributed by atoms with Gasteiger partial charge in [-0.05, 0) is 31.2 Å². The summed E-state index contributed by atoms with van der Waals surface area (Å²) in [4.78, 5) is 8.87. The molecule has 0 N–H and O–H groups in total. The number of ether oxygens (including phenoxy) is 1. The molecule has 1 aromatic rings. The molecule has 2 rings (SSSR count). The highest BCUT2D eigenvalue weighted by atomic mass is 16.5. The highest BCUT2D eigenvalue weighted by Gasteiger charge is 2.09. The second kappa shape index (κ2) is 4.26. The van der Waals surface area contributed by atoms with Gasteiger partial charge >= 0.3 is 0 Å². The van der Waals surface area contributed by atoms with Crippen molar-refractivity contribution in [2.24, 2.45) is 9.98 Å². The molecule has 3 heteroatoms. The van der Waals surface area contributed by atoms with Crippen LogP contribution in [-0.4, -0.2) is 31.6 Å². The maximum Gasteiger partial charge on any atom is 0.118 e. The Morgan fingerprint density at radius 1 is 1.07 bits per heavy atom. The molecule has 0 fully saturated rings. The Labute approximate surface area is 89.5 Å². The molecule has 15 heavy (non-hydrogen) atoms. The van der Waals surface area contributed by atoms with Crippen LogP contribution in [0.15, 0.2) is 34.3 Å². The van der Waals surface area contributed by atoms with Gasteiger partial charge < -0.3 is 4.74 Å². The lowest BCUT2D eigenvalue weighted by Gasteiger charge is -2.11. The molecule has 0 aromatic heterocycles. The molecule has 3 nitrogen and oxygen atoms in total. The molecule has 0 bridgehead atoms.